The van der Waals surface area contributed by atoms with Gasteiger partial charge in [0.2, 0.25) is 18.3 Å². The molecule has 2 aromatic heterocycles. The number of fused-ring (bicyclic) bond motifs is 1. The molecule has 1 unspecified atom stereocenters. The molecule has 362 valence electrons. The van der Waals surface area contributed by atoms with Gasteiger partial charge in [0.1, 0.15) is 18.5 Å². The lowest BCUT2D eigenvalue weighted by Crippen LogP contribution is -2.65. The Morgan fingerprint density at radius 3 is 1.86 bits per heavy atom. The summed E-state index contributed by atoms with van der Waals surface area (Å²) < 4.78 is 76.6. The number of pyridine rings is 1. The predicted molar refractivity (Wildman–Crippen MR) is 243 cm³/mol. The lowest BCUT2D eigenvalue weighted by atomic mass is 9.93. The average Bonchev–Trinajstić information content (AvgIpc) is 3.67. The molecule has 1 saturated heterocycles. The minimum atomic E-state index is -1.80. The molecule has 1 aliphatic heterocycles. The van der Waals surface area contributed by atoms with Gasteiger partial charge >= 0.3 is 29.8 Å². The zero-order chi connectivity index (χ0) is 52.4. The maximum Gasteiger partial charge on any atom is 0.316 e. The largest absolute Gasteiger partial charge is 0.462 e. The van der Waals surface area contributed by atoms with Crippen LogP contribution < -0.4 is 9.47 Å². The van der Waals surface area contributed by atoms with Crippen molar-refractivity contribution in [2.24, 2.45) is 32.2 Å². The van der Waals surface area contributed by atoms with Crippen molar-refractivity contribution in [3.63, 3.8) is 0 Å². The maximum absolute atomic E-state index is 14.1. The number of rotatable bonds is 15. The zero-order valence-corrected chi connectivity index (χ0v) is 40.0. The quantitative estimate of drug-likeness (QED) is 0.0265. The first-order valence-electron chi connectivity index (χ1n) is 24.4. The molecule has 5 atom stereocenters. The van der Waals surface area contributed by atoms with Crippen LogP contribution in [0.4, 0.5) is 0 Å². The third-order valence-electron chi connectivity index (χ3n) is 9.95. The van der Waals surface area contributed by atoms with Crippen molar-refractivity contribution in [3.05, 3.63) is 58.1 Å². The monoisotopic (exact) mass is 925 g/mol. The number of esters is 5. The molecular formula is C48H68N6O12. The van der Waals surface area contributed by atoms with Gasteiger partial charge in [0.05, 0.1) is 32.5 Å². The topological polar surface area (TPSA) is 229 Å². The van der Waals surface area contributed by atoms with Gasteiger partial charge in [-0.15, -0.1) is 5.10 Å². The SMILES string of the molecule is [2H]CC(C)(C)C(=O)OC[C@H]1OC(Oc2nn(CCCN=[N+]=[N-])c3nccc(CCc4ccc(OC(=O)C(C)(C)C)cc4)c23)[C@H](OC(=O)C(C)(C)C[2H])[C@@H](OC(=O)C(C)(C)C[2H])[C@@H]1OC(=O)C(C)(C)C[2H]. The Morgan fingerprint density at radius 2 is 1.30 bits per heavy atom. The lowest BCUT2D eigenvalue weighted by Gasteiger charge is -2.45. The summed E-state index contributed by atoms with van der Waals surface area (Å²) in [5.74, 6) is -3.73. The minimum absolute atomic E-state index is 0.0921. The fourth-order valence-corrected chi connectivity index (χ4v) is 5.99. The number of carbonyl (C=O) groups excluding carboxylic acids is 5. The highest BCUT2D eigenvalue weighted by atomic mass is 16.7. The Bertz CT molecular complexity index is 2380. The van der Waals surface area contributed by atoms with Crippen LogP contribution in [0, 0.1) is 27.1 Å². The van der Waals surface area contributed by atoms with Gasteiger partial charge in [-0.05, 0) is 158 Å². The van der Waals surface area contributed by atoms with Gasteiger partial charge in [-0.1, -0.05) is 17.2 Å². The van der Waals surface area contributed by atoms with Crippen molar-refractivity contribution >= 4 is 40.9 Å². The van der Waals surface area contributed by atoms with Crippen molar-refractivity contribution in [1.29, 1.82) is 0 Å². The van der Waals surface area contributed by atoms with Crippen LogP contribution >= 0.6 is 0 Å². The smallest absolute Gasteiger partial charge is 0.316 e. The second-order valence-electron chi connectivity index (χ2n) is 20.2. The molecule has 0 spiro atoms. The van der Waals surface area contributed by atoms with Crippen LogP contribution in [0.3, 0.4) is 0 Å². The van der Waals surface area contributed by atoms with E-state index in [-0.39, 0.29) is 31.8 Å². The van der Waals surface area contributed by atoms with Crippen LogP contribution in [0.5, 0.6) is 11.6 Å². The number of aryl methyl sites for hydroxylation is 3. The number of hydrogen-bond acceptors (Lipinski definition) is 15. The zero-order valence-electron chi connectivity index (χ0n) is 44.0. The third-order valence-corrected chi connectivity index (χ3v) is 9.95. The number of aromatic nitrogens is 3. The molecule has 0 amide bonds. The van der Waals surface area contributed by atoms with Gasteiger partial charge in [0.25, 0.3) is 0 Å². The highest BCUT2D eigenvalue weighted by Crippen LogP contribution is 2.37. The van der Waals surface area contributed by atoms with Crippen molar-refractivity contribution < 1.29 is 62.6 Å². The van der Waals surface area contributed by atoms with Crippen molar-refractivity contribution in [3.8, 4) is 11.6 Å². The lowest BCUT2D eigenvalue weighted by molar-refractivity contribution is -0.294. The summed E-state index contributed by atoms with van der Waals surface area (Å²) in [7, 11) is 0. The summed E-state index contributed by atoms with van der Waals surface area (Å²) in [6.45, 7) is 15.0. The molecule has 0 saturated carbocycles. The van der Waals surface area contributed by atoms with Crippen LogP contribution in [-0.2, 0) is 67.0 Å². The van der Waals surface area contributed by atoms with E-state index < -0.39 is 109 Å². The Kier molecular flexibility index (Phi) is 14.8. The van der Waals surface area contributed by atoms with Gasteiger partial charge in [-0.3, -0.25) is 24.0 Å². The van der Waals surface area contributed by atoms with Gasteiger partial charge < -0.3 is 33.2 Å². The Hall–Kier alpha value is -5.74. The number of hydrogen-bond donors (Lipinski definition) is 0. The molecule has 18 nitrogen and oxygen atoms in total. The highest BCUT2D eigenvalue weighted by molar-refractivity contribution is 5.85. The van der Waals surface area contributed by atoms with Gasteiger partial charge in [0, 0.05) is 29.7 Å². The molecule has 66 heavy (non-hydrogen) atoms. The van der Waals surface area contributed by atoms with E-state index in [0.717, 1.165) is 5.56 Å². The van der Waals surface area contributed by atoms with Crippen molar-refractivity contribution in [2.45, 2.75) is 160 Å². The molecule has 3 heterocycles. The second kappa shape index (κ2) is 20.8. The Balaban J connectivity index is 1.93. The van der Waals surface area contributed by atoms with E-state index in [1.54, 1.807) is 45.2 Å². The summed E-state index contributed by atoms with van der Waals surface area (Å²) in [5, 5.41) is 8.82. The Labute approximate surface area is 392 Å². The van der Waals surface area contributed by atoms with E-state index in [1.165, 1.54) is 60.1 Å². The summed E-state index contributed by atoms with van der Waals surface area (Å²) in [6.07, 6.45) is -5.82. The first-order valence-corrected chi connectivity index (χ1v) is 21.6. The molecule has 0 radical (unpaired) electrons. The van der Waals surface area contributed by atoms with E-state index >= 15 is 0 Å². The van der Waals surface area contributed by atoms with Crippen LogP contribution in [0.15, 0.2) is 41.6 Å². The molecule has 18 heteroatoms. The van der Waals surface area contributed by atoms with E-state index in [4.69, 9.17) is 49.3 Å². The molecule has 1 fully saturated rings. The molecule has 0 bridgehead atoms. The van der Waals surface area contributed by atoms with Gasteiger partial charge in [-0.25, -0.2) is 9.67 Å². The van der Waals surface area contributed by atoms with E-state index in [1.807, 2.05) is 12.1 Å². The van der Waals surface area contributed by atoms with E-state index in [2.05, 4.69) is 15.0 Å². The molecule has 1 aliphatic rings. The Morgan fingerprint density at radius 1 is 0.742 bits per heavy atom. The fourth-order valence-electron chi connectivity index (χ4n) is 5.99. The van der Waals surface area contributed by atoms with E-state index in [9.17, 15) is 24.0 Å². The van der Waals surface area contributed by atoms with Gasteiger partial charge in [-0.2, -0.15) is 0 Å². The number of nitrogens with zero attached hydrogens (tertiary/aromatic N) is 6. The molecule has 0 aliphatic carbocycles. The number of ether oxygens (including phenoxy) is 7. The van der Waals surface area contributed by atoms with Crippen LogP contribution in [0.25, 0.3) is 21.5 Å². The number of carbonyl (C=O) groups is 5. The van der Waals surface area contributed by atoms with Gasteiger partial charge in [0.15, 0.2) is 17.9 Å². The molecule has 0 N–H and O–H groups in total. The van der Waals surface area contributed by atoms with Crippen LogP contribution in [0.2, 0.25) is 0 Å². The standard InChI is InChI=1S/C48H68N6O12/c1-44(2,3)39(55)60-27-31-33(63-41(57)46(7,8)9)34(64-42(58)47(10,11)12)35(65-43(59)48(13,14)15)38(62-31)66-37-32-29(23-25-50-36(32)54(52-37)26-16-24-51-53-49)20-17-28-18-21-30(22-19-28)61-40(56)45(4,5)6/h18-19,21-23,25,31,33-35,38H,16-17,20,24,26-27H2,1-15H3/t31-,33-,34+,35-,38?/m1/s1/i1D,7D,10D,13D. The fraction of sp³-hybridized carbons (Fsp3) is 0.646. The summed E-state index contributed by atoms with van der Waals surface area (Å²) in [6, 6.07) is 8.85. The van der Waals surface area contributed by atoms with Crippen LogP contribution in [-0.4, -0.2) is 88.5 Å². The molecular weight excluding hydrogens is 853 g/mol. The van der Waals surface area contributed by atoms with Crippen molar-refractivity contribution in [1.82, 2.24) is 14.8 Å². The van der Waals surface area contributed by atoms with E-state index in [0.29, 0.717) is 41.6 Å². The summed E-state index contributed by atoms with van der Waals surface area (Å²) in [5.41, 5.74) is 4.57. The second-order valence-corrected chi connectivity index (χ2v) is 20.2. The van der Waals surface area contributed by atoms with Crippen LogP contribution in [0.1, 0.15) is 127 Å². The minimum Gasteiger partial charge on any atom is -0.462 e. The molecule has 3 aromatic rings. The normalized spacial score (nSPS) is 20.1. The van der Waals surface area contributed by atoms with Crippen molar-refractivity contribution in [2.75, 3.05) is 13.2 Å². The molecule has 1 aromatic carbocycles. The third kappa shape index (κ3) is 14.1. The first-order chi connectivity index (χ1) is 32.7. The molecule has 4 rings (SSSR count). The predicted octanol–water partition coefficient (Wildman–Crippen LogP) is 8.44. The number of azide groups is 1. The highest BCUT2D eigenvalue weighted by Gasteiger charge is 2.56. The maximum atomic E-state index is 14.1. The first kappa shape index (κ1) is 46.8. The summed E-state index contributed by atoms with van der Waals surface area (Å²) in [4.78, 5) is 75.4. The number of benzene rings is 1. The summed E-state index contributed by atoms with van der Waals surface area (Å²) >= 11 is 0. The average molecular weight is 925 g/mol.